The van der Waals surface area contributed by atoms with Crippen molar-refractivity contribution in [1.29, 1.82) is 0 Å². The molecule has 0 saturated carbocycles. The van der Waals surface area contributed by atoms with Crippen molar-refractivity contribution in [3.63, 3.8) is 0 Å². The minimum Gasteiger partial charge on any atom is -0.462 e. The number of hydrogen-bond donors (Lipinski definition) is 1. The minimum atomic E-state index is -3.81. The Labute approximate surface area is 125 Å². The standard InChI is InChI=1S/C13H23N3O4S/c1-5-8-16(9-6-2)21(18,19)12-11(10(4)14-15-12)13(17)20-7-3/h5-9H2,1-4H3,(H,14,15). The molecule has 1 N–H and O–H groups in total. The van der Waals surface area contributed by atoms with Crippen molar-refractivity contribution in [2.45, 2.75) is 45.6 Å². The number of aromatic amines is 1. The molecule has 0 unspecified atom stereocenters. The van der Waals surface area contributed by atoms with E-state index in [2.05, 4.69) is 10.2 Å². The summed E-state index contributed by atoms with van der Waals surface area (Å²) in [5.74, 6) is -0.671. The quantitative estimate of drug-likeness (QED) is 0.737. The highest BCUT2D eigenvalue weighted by atomic mass is 32.2. The summed E-state index contributed by atoms with van der Waals surface area (Å²) in [7, 11) is -3.81. The average molecular weight is 317 g/mol. The van der Waals surface area contributed by atoms with E-state index in [4.69, 9.17) is 4.74 Å². The monoisotopic (exact) mass is 317 g/mol. The van der Waals surface area contributed by atoms with Gasteiger partial charge >= 0.3 is 5.97 Å². The van der Waals surface area contributed by atoms with Gasteiger partial charge in [-0.05, 0) is 26.7 Å². The van der Waals surface area contributed by atoms with Crippen LogP contribution in [0.15, 0.2) is 5.03 Å². The molecule has 0 aromatic carbocycles. The smallest absolute Gasteiger partial charge is 0.343 e. The van der Waals surface area contributed by atoms with Crippen molar-refractivity contribution in [3.8, 4) is 0 Å². The molecule has 7 nitrogen and oxygen atoms in total. The molecule has 1 heterocycles. The molecule has 1 aromatic rings. The maximum absolute atomic E-state index is 12.7. The number of carbonyl (C=O) groups is 1. The predicted molar refractivity (Wildman–Crippen MR) is 78.6 cm³/mol. The SMILES string of the molecule is CCCN(CCC)S(=O)(=O)c1n[nH]c(C)c1C(=O)OCC. The number of rotatable bonds is 8. The van der Waals surface area contributed by atoms with E-state index in [0.717, 1.165) is 0 Å². The molecule has 120 valence electrons. The first-order valence-corrected chi connectivity index (χ1v) is 8.56. The highest BCUT2D eigenvalue weighted by molar-refractivity contribution is 7.89. The second kappa shape index (κ2) is 7.56. The topological polar surface area (TPSA) is 92.4 Å². The summed E-state index contributed by atoms with van der Waals surface area (Å²) in [6, 6.07) is 0. The van der Waals surface area contributed by atoms with Crippen LogP contribution in [0.3, 0.4) is 0 Å². The third-order valence-corrected chi connectivity index (χ3v) is 4.75. The summed E-state index contributed by atoms with van der Waals surface area (Å²) in [5.41, 5.74) is 0.383. The van der Waals surface area contributed by atoms with Gasteiger partial charge in [0.15, 0.2) is 0 Å². The van der Waals surface area contributed by atoms with Crippen molar-refractivity contribution in [1.82, 2.24) is 14.5 Å². The fraction of sp³-hybridized carbons (Fsp3) is 0.692. The number of hydrogen-bond acceptors (Lipinski definition) is 5. The van der Waals surface area contributed by atoms with Gasteiger partial charge in [0.2, 0.25) is 5.03 Å². The Morgan fingerprint density at radius 2 is 1.81 bits per heavy atom. The van der Waals surface area contributed by atoms with Crippen LogP contribution in [-0.4, -0.2) is 48.6 Å². The zero-order chi connectivity index (χ0) is 16.0. The number of esters is 1. The van der Waals surface area contributed by atoms with Gasteiger partial charge in [0.25, 0.3) is 10.0 Å². The van der Waals surface area contributed by atoms with Gasteiger partial charge in [-0.15, -0.1) is 0 Å². The lowest BCUT2D eigenvalue weighted by atomic mass is 10.3. The maximum atomic E-state index is 12.7. The second-order valence-corrected chi connectivity index (χ2v) is 6.51. The van der Waals surface area contributed by atoms with E-state index in [9.17, 15) is 13.2 Å². The van der Waals surface area contributed by atoms with Gasteiger partial charge in [-0.1, -0.05) is 13.8 Å². The third-order valence-electron chi connectivity index (χ3n) is 2.92. The number of sulfonamides is 1. The molecule has 21 heavy (non-hydrogen) atoms. The number of carbonyl (C=O) groups excluding carboxylic acids is 1. The number of H-pyrrole nitrogens is 1. The first-order valence-electron chi connectivity index (χ1n) is 7.12. The van der Waals surface area contributed by atoms with Crippen molar-refractivity contribution in [3.05, 3.63) is 11.3 Å². The third kappa shape index (κ3) is 3.82. The normalized spacial score (nSPS) is 11.9. The van der Waals surface area contributed by atoms with E-state index >= 15 is 0 Å². The summed E-state index contributed by atoms with van der Waals surface area (Å²) in [6.07, 6.45) is 1.38. The zero-order valence-corrected chi connectivity index (χ0v) is 13.8. The minimum absolute atomic E-state index is 0.00550. The molecular formula is C13H23N3O4S. The lowest BCUT2D eigenvalue weighted by Crippen LogP contribution is -2.33. The lowest BCUT2D eigenvalue weighted by molar-refractivity contribution is 0.0521. The Balaban J connectivity index is 3.28. The molecule has 0 bridgehead atoms. The van der Waals surface area contributed by atoms with Crippen molar-refractivity contribution >= 4 is 16.0 Å². The van der Waals surface area contributed by atoms with E-state index in [1.165, 1.54) is 4.31 Å². The summed E-state index contributed by atoms with van der Waals surface area (Å²) in [6.45, 7) is 8.04. The zero-order valence-electron chi connectivity index (χ0n) is 13.0. The molecule has 0 aliphatic rings. The maximum Gasteiger partial charge on any atom is 0.343 e. The van der Waals surface area contributed by atoms with Gasteiger partial charge in [-0.2, -0.15) is 9.40 Å². The molecule has 0 saturated heterocycles. The number of aryl methyl sites for hydroxylation is 1. The van der Waals surface area contributed by atoms with Gasteiger partial charge in [0.1, 0.15) is 5.56 Å². The molecule has 1 rings (SSSR count). The molecule has 0 spiro atoms. The largest absolute Gasteiger partial charge is 0.462 e. The van der Waals surface area contributed by atoms with E-state index in [1.54, 1.807) is 13.8 Å². The fourth-order valence-corrected chi connectivity index (χ4v) is 3.76. The molecule has 0 atom stereocenters. The Kier molecular flexibility index (Phi) is 6.35. The Morgan fingerprint density at radius 3 is 2.29 bits per heavy atom. The number of nitrogens with one attached hydrogen (secondary N) is 1. The Bertz CT molecular complexity index is 574. The van der Waals surface area contributed by atoms with Crippen molar-refractivity contribution < 1.29 is 17.9 Å². The molecule has 0 amide bonds. The van der Waals surface area contributed by atoms with Crippen LogP contribution in [0, 0.1) is 6.92 Å². The highest BCUT2D eigenvalue weighted by Gasteiger charge is 2.33. The molecular weight excluding hydrogens is 294 g/mol. The van der Waals surface area contributed by atoms with Crippen LogP contribution in [0.25, 0.3) is 0 Å². The molecule has 0 radical (unpaired) electrons. The molecule has 0 aliphatic heterocycles. The number of aromatic nitrogens is 2. The Hall–Kier alpha value is -1.41. The van der Waals surface area contributed by atoms with E-state index in [1.807, 2.05) is 13.8 Å². The van der Waals surface area contributed by atoms with Crippen LogP contribution in [0.4, 0.5) is 0 Å². The summed E-state index contributed by atoms with van der Waals surface area (Å²) in [4.78, 5) is 12.0. The first-order chi connectivity index (χ1) is 9.89. The number of ether oxygens (including phenoxy) is 1. The van der Waals surface area contributed by atoms with Gasteiger partial charge in [0, 0.05) is 18.8 Å². The van der Waals surface area contributed by atoms with Gasteiger partial charge in [-0.3, -0.25) is 5.10 Å². The van der Waals surface area contributed by atoms with Crippen LogP contribution >= 0.6 is 0 Å². The van der Waals surface area contributed by atoms with Crippen LogP contribution in [-0.2, 0) is 14.8 Å². The van der Waals surface area contributed by atoms with Crippen molar-refractivity contribution in [2.24, 2.45) is 0 Å². The lowest BCUT2D eigenvalue weighted by Gasteiger charge is -2.20. The van der Waals surface area contributed by atoms with Crippen LogP contribution in [0.5, 0.6) is 0 Å². The first kappa shape index (κ1) is 17.6. The summed E-state index contributed by atoms with van der Waals surface area (Å²) in [5, 5.41) is 6.14. The molecule has 0 aliphatic carbocycles. The molecule has 8 heteroatoms. The Morgan fingerprint density at radius 1 is 1.24 bits per heavy atom. The van der Waals surface area contributed by atoms with Crippen LogP contribution < -0.4 is 0 Å². The number of nitrogens with zero attached hydrogens (tertiary/aromatic N) is 2. The summed E-state index contributed by atoms with van der Waals surface area (Å²) < 4.78 is 31.7. The van der Waals surface area contributed by atoms with E-state index in [0.29, 0.717) is 31.6 Å². The summed E-state index contributed by atoms with van der Waals surface area (Å²) >= 11 is 0. The van der Waals surface area contributed by atoms with E-state index < -0.39 is 16.0 Å². The predicted octanol–water partition coefficient (Wildman–Crippen LogP) is 1.71. The highest BCUT2D eigenvalue weighted by Crippen LogP contribution is 2.22. The molecule has 1 aromatic heterocycles. The van der Waals surface area contributed by atoms with E-state index in [-0.39, 0.29) is 17.2 Å². The van der Waals surface area contributed by atoms with Gasteiger partial charge in [-0.25, -0.2) is 13.2 Å². The average Bonchev–Trinajstić information content (AvgIpc) is 2.81. The fourth-order valence-electron chi connectivity index (χ4n) is 2.01. The van der Waals surface area contributed by atoms with Gasteiger partial charge in [0.05, 0.1) is 6.61 Å². The second-order valence-electron chi connectivity index (χ2n) is 4.65. The van der Waals surface area contributed by atoms with Crippen LogP contribution in [0.1, 0.15) is 49.7 Å². The van der Waals surface area contributed by atoms with Gasteiger partial charge < -0.3 is 4.74 Å². The molecule has 0 fully saturated rings. The van der Waals surface area contributed by atoms with Crippen LogP contribution in [0.2, 0.25) is 0 Å². The van der Waals surface area contributed by atoms with Crippen molar-refractivity contribution in [2.75, 3.05) is 19.7 Å².